The van der Waals surface area contributed by atoms with Gasteiger partial charge in [-0.2, -0.15) is 0 Å². The maximum absolute atomic E-state index is 10.9. The van der Waals surface area contributed by atoms with E-state index in [9.17, 15) is 4.79 Å². The average molecular weight is 157 g/mol. The molecule has 0 aromatic rings. The Kier molecular flexibility index (Phi) is 1.77. The van der Waals surface area contributed by atoms with E-state index in [0.717, 1.165) is 0 Å². The van der Waals surface area contributed by atoms with Crippen molar-refractivity contribution in [3.63, 3.8) is 0 Å². The van der Waals surface area contributed by atoms with E-state index in [-0.39, 0.29) is 11.2 Å². The van der Waals surface area contributed by atoms with Crippen LogP contribution in [0.25, 0.3) is 0 Å². The molecule has 1 rings (SSSR count). The van der Waals surface area contributed by atoms with Crippen molar-refractivity contribution in [3.8, 4) is 0 Å². The molecule has 0 aromatic carbocycles. The smallest absolute Gasteiger partial charge is 0.228 e. The Labute approximate surface area is 64.9 Å². The highest BCUT2D eigenvalue weighted by Gasteiger charge is 2.37. The fraction of sp³-hybridized carbons (Fsp3) is 0.571. The summed E-state index contributed by atoms with van der Waals surface area (Å²) in [6, 6.07) is 0. The summed E-state index contributed by atoms with van der Waals surface area (Å²) in [7, 11) is 0. The van der Waals surface area contributed by atoms with E-state index in [1.54, 1.807) is 11.8 Å². The Morgan fingerprint density at radius 2 is 2.40 bits per heavy atom. The van der Waals surface area contributed by atoms with Crippen molar-refractivity contribution in [2.75, 3.05) is 0 Å². The summed E-state index contributed by atoms with van der Waals surface area (Å²) < 4.78 is 0. The molecule has 0 radical (unpaired) electrons. The molecule has 0 fully saturated rings. The van der Waals surface area contributed by atoms with Gasteiger partial charge in [-0.15, -0.1) is 11.8 Å². The molecule has 1 aliphatic heterocycles. The zero-order valence-corrected chi connectivity index (χ0v) is 6.94. The van der Waals surface area contributed by atoms with E-state index >= 15 is 0 Å². The fourth-order valence-corrected chi connectivity index (χ4v) is 1.93. The average Bonchev–Trinajstić information content (AvgIpc) is 2.15. The summed E-state index contributed by atoms with van der Waals surface area (Å²) >= 11 is 1.65. The number of rotatable bonds is 1. The van der Waals surface area contributed by atoms with Gasteiger partial charge < -0.3 is 5.73 Å². The molecule has 0 aliphatic carbocycles. The van der Waals surface area contributed by atoms with Crippen LogP contribution in [0, 0.1) is 5.41 Å². The molecule has 3 heteroatoms. The molecule has 1 aliphatic rings. The molecule has 0 spiro atoms. The molecule has 1 amide bonds. The Morgan fingerprint density at radius 1 is 1.80 bits per heavy atom. The Hall–Kier alpha value is -0.440. The Bertz CT molecular complexity index is 190. The molecule has 10 heavy (non-hydrogen) atoms. The van der Waals surface area contributed by atoms with Gasteiger partial charge in [-0.25, -0.2) is 0 Å². The predicted molar refractivity (Wildman–Crippen MR) is 43.5 cm³/mol. The van der Waals surface area contributed by atoms with Gasteiger partial charge in [0.15, 0.2) is 0 Å². The van der Waals surface area contributed by atoms with Crippen LogP contribution >= 0.6 is 11.8 Å². The van der Waals surface area contributed by atoms with Crippen LogP contribution in [0.2, 0.25) is 0 Å². The lowest BCUT2D eigenvalue weighted by Gasteiger charge is -2.22. The van der Waals surface area contributed by atoms with Gasteiger partial charge in [0.2, 0.25) is 5.91 Å². The number of carbonyl (C=O) groups excluding carboxylic acids is 1. The molecule has 0 saturated heterocycles. The summed E-state index contributed by atoms with van der Waals surface area (Å²) in [5.74, 6) is -0.235. The van der Waals surface area contributed by atoms with Crippen LogP contribution in [-0.2, 0) is 4.79 Å². The number of hydrogen-bond donors (Lipinski definition) is 1. The van der Waals surface area contributed by atoms with Gasteiger partial charge in [-0.1, -0.05) is 13.0 Å². The number of hydrogen-bond acceptors (Lipinski definition) is 2. The fourth-order valence-electron chi connectivity index (χ4n) is 0.858. The quantitative estimate of drug-likeness (QED) is 0.620. The predicted octanol–water partition coefficient (Wildman–Crippen LogP) is 1.13. The first-order chi connectivity index (χ1) is 4.57. The maximum Gasteiger partial charge on any atom is 0.228 e. The first-order valence-electron chi connectivity index (χ1n) is 3.20. The normalized spacial score (nSPS) is 38.4. The summed E-state index contributed by atoms with van der Waals surface area (Å²) in [5, 5.41) is 2.22. The highest BCUT2D eigenvalue weighted by molar-refractivity contribution is 8.03. The zero-order chi connectivity index (χ0) is 7.78. The lowest BCUT2D eigenvalue weighted by Crippen LogP contribution is -2.37. The first-order valence-corrected chi connectivity index (χ1v) is 4.15. The molecule has 0 aromatic heterocycles. The van der Waals surface area contributed by atoms with Crippen molar-refractivity contribution in [3.05, 3.63) is 11.5 Å². The third-order valence-corrected chi connectivity index (χ3v) is 3.26. The minimum absolute atomic E-state index is 0.235. The number of nitrogens with two attached hydrogens (primary N) is 1. The molecule has 0 saturated carbocycles. The summed E-state index contributed by atoms with van der Waals surface area (Å²) in [6.45, 7) is 3.88. The van der Waals surface area contributed by atoms with Gasteiger partial charge in [0.1, 0.15) is 0 Å². The van der Waals surface area contributed by atoms with Crippen molar-refractivity contribution in [1.82, 2.24) is 0 Å². The minimum atomic E-state index is -0.426. The minimum Gasteiger partial charge on any atom is -0.369 e. The van der Waals surface area contributed by atoms with Crippen molar-refractivity contribution in [2.45, 2.75) is 19.1 Å². The van der Waals surface area contributed by atoms with Crippen LogP contribution in [0.15, 0.2) is 11.5 Å². The van der Waals surface area contributed by atoms with Crippen molar-refractivity contribution >= 4 is 17.7 Å². The van der Waals surface area contributed by atoms with Crippen LogP contribution in [0.3, 0.4) is 0 Å². The largest absolute Gasteiger partial charge is 0.369 e. The van der Waals surface area contributed by atoms with Crippen LogP contribution < -0.4 is 5.73 Å². The summed E-state index contributed by atoms with van der Waals surface area (Å²) in [5.41, 5.74) is 4.79. The number of primary amides is 1. The van der Waals surface area contributed by atoms with Gasteiger partial charge in [0.25, 0.3) is 0 Å². The Morgan fingerprint density at radius 3 is 2.60 bits per heavy atom. The highest BCUT2D eigenvalue weighted by atomic mass is 32.2. The monoisotopic (exact) mass is 157 g/mol. The van der Waals surface area contributed by atoms with Crippen molar-refractivity contribution < 1.29 is 4.79 Å². The van der Waals surface area contributed by atoms with Gasteiger partial charge in [-0.3, -0.25) is 4.79 Å². The molecule has 0 bridgehead atoms. The third-order valence-electron chi connectivity index (χ3n) is 2.07. The van der Waals surface area contributed by atoms with E-state index < -0.39 is 5.41 Å². The van der Waals surface area contributed by atoms with E-state index in [4.69, 9.17) is 5.73 Å². The van der Waals surface area contributed by atoms with Crippen LogP contribution in [-0.4, -0.2) is 11.2 Å². The third kappa shape index (κ3) is 0.944. The van der Waals surface area contributed by atoms with Crippen molar-refractivity contribution in [1.29, 1.82) is 0 Å². The van der Waals surface area contributed by atoms with Crippen LogP contribution in [0.5, 0.6) is 0 Å². The highest BCUT2D eigenvalue weighted by Crippen LogP contribution is 2.39. The molecule has 2 N–H and O–H groups in total. The van der Waals surface area contributed by atoms with Gasteiger partial charge in [0, 0.05) is 5.25 Å². The SMILES string of the molecule is CC1SC=CC1(C)C(N)=O. The lowest BCUT2D eigenvalue weighted by molar-refractivity contribution is -0.124. The van der Waals surface area contributed by atoms with E-state index in [0.29, 0.717) is 0 Å². The second-order valence-corrected chi connectivity index (χ2v) is 3.98. The molecule has 2 atom stereocenters. The topological polar surface area (TPSA) is 43.1 Å². The number of thioether (sulfide) groups is 1. The van der Waals surface area contributed by atoms with Crippen LogP contribution in [0.4, 0.5) is 0 Å². The molecule has 2 unspecified atom stereocenters. The van der Waals surface area contributed by atoms with Crippen molar-refractivity contribution in [2.24, 2.45) is 11.1 Å². The molecule has 1 heterocycles. The molecular weight excluding hydrogens is 146 g/mol. The second kappa shape index (κ2) is 2.31. The van der Waals surface area contributed by atoms with Gasteiger partial charge in [0.05, 0.1) is 5.41 Å². The van der Waals surface area contributed by atoms with E-state index in [2.05, 4.69) is 0 Å². The maximum atomic E-state index is 10.9. The standard InChI is InChI=1S/C7H11NOS/c1-5-7(2,6(8)9)3-4-10-5/h3-5H,1-2H3,(H2,8,9). The van der Waals surface area contributed by atoms with E-state index in [1.807, 2.05) is 25.3 Å². The lowest BCUT2D eigenvalue weighted by atomic mass is 9.87. The number of amides is 1. The zero-order valence-electron chi connectivity index (χ0n) is 6.13. The molecule has 2 nitrogen and oxygen atoms in total. The van der Waals surface area contributed by atoms with Gasteiger partial charge >= 0.3 is 0 Å². The van der Waals surface area contributed by atoms with E-state index in [1.165, 1.54) is 0 Å². The van der Waals surface area contributed by atoms with Crippen LogP contribution in [0.1, 0.15) is 13.8 Å². The van der Waals surface area contributed by atoms with Gasteiger partial charge in [-0.05, 0) is 12.3 Å². The summed E-state index contributed by atoms with van der Waals surface area (Å²) in [6.07, 6.45) is 1.88. The molecular formula is C7H11NOS. The first kappa shape index (κ1) is 7.66. The summed E-state index contributed by atoms with van der Waals surface area (Å²) in [4.78, 5) is 10.9. The Balaban J connectivity index is 2.85. The second-order valence-electron chi connectivity index (χ2n) is 2.73. The number of carbonyl (C=O) groups is 1. The molecule has 56 valence electrons.